The van der Waals surface area contributed by atoms with Crippen LogP contribution in [0.4, 0.5) is 0 Å². The zero-order valence-corrected chi connectivity index (χ0v) is 5.06. The molecule has 0 bridgehead atoms. The maximum Gasteiger partial charge on any atom is 0.105 e. The van der Waals surface area contributed by atoms with Crippen LogP contribution in [-0.2, 0) is 4.74 Å². The molecule has 2 heteroatoms. The van der Waals surface area contributed by atoms with Crippen LogP contribution >= 0.6 is 0 Å². The Hall–Kier alpha value is -0.0800. The minimum atomic E-state index is 0.144. The summed E-state index contributed by atoms with van der Waals surface area (Å²) in [7, 11) is 1.86. The third kappa shape index (κ3) is 3.76. The largest absolute Gasteiger partial charge is 0.358 e. The molecule has 0 saturated carbocycles. The van der Waals surface area contributed by atoms with Gasteiger partial charge in [-0.05, 0) is 20.9 Å². The molecule has 0 aromatic rings. The van der Waals surface area contributed by atoms with Gasteiger partial charge in [-0.3, -0.25) is 5.32 Å². The Bertz CT molecular complexity index is 39.1. The van der Waals surface area contributed by atoms with Gasteiger partial charge >= 0.3 is 0 Å². The van der Waals surface area contributed by atoms with Gasteiger partial charge in [0.05, 0.1) is 6.61 Å². The number of hydrogen-bond acceptors (Lipinski definition) is 2. The van der Waals surface area contributed by atoms with Crippen molar-refractivity contribution in [1.29, 1.82) is 0 Å². The van der Waals surface area contributed by atoms with Gasteiger partial charge in [-0.15, -0.1) is 0 Å². The van der Waals surface area contributed by atoms with Gasteiger partial charge < -0.3 is 4.74 Å². The lowest BCUT2D eigenvalue weighted by Gasteiger charge is -2.07. The zero-order valence-electron chi connectivity index (χ0n) is 5.06. The Kier molecular flexibility index (Phi) is 4.04. The topological polar surface area (TPSA) is 21.3 Å². The van der Waals surface area contributed by atoms with Crippen molar-refractivity contribution in [2.75, 3.05) is 7.05 Å². The SMILES string of the molecule is C[CH]OC(C)NC. The van der Waals surface area contributed by atoms with E-state index >= 15 is 0 Å². The first-order valence-electron chi connectivity index (χ1n) is 2.41. The van der Waals surface area contributed by atoms with Crippen LogP contribution in [0.5, 0.6) is 0 Å². The van der Waals surface area contributed by atoms with Crippen molar-refractivity contribution < 1.29 is 4.74 Å². The highest BCUT2D eigenvalue weighted by Crippen LogP contribution is 1.84. The summed E-state index contributed by atoms with van der Waals surface area (Å²) in [6, 6.07) is 0. The number of hydrogen-bond donors (Lipinski definition) is 1. The van der Waals surface area contributed by atoms with Gasteiger partial charge in [0.25, 0.3) is 0 Å². The minimum absolute atomic E-state index is 0.144. The molecule has 0 aromatic heterocycles. The van der Waals surface area contributed by atoms with Crippen LogP contribution in [0.15, 0.2) is 0 Å². The van der Waals surface area contributed by atoms with E-state index in [1.54, 1.807) is 6.61 Å². The Balaban J connectivity index is 2.83. The standard InChI is InChI=1S/C5H12NO/c1-4-7-5(2)6-3/h4-6H,1-3H3. The molecule has 0 heterocycles. The van der Waals surface area contributed by atoms with E-state index in [0.717, 1.165) is 0 Å². The molecule has 2 nitrogen and oxygen atoms in total. The molecule has 1 unspecified atom stereocenters. The molecular weight excluding hydrogens is 90.1 g/mol. The molecule has 1 radical (unpaired) electrons. The fraction of sp³-hybridized carbons (Fsp3) is 0.800. The normalized spacial score (nSPS) is 14.1. The van der Waals surface area contributed by atoms with Crippen molar-refractivity contribution in [2.45, 2.75) is 20.1 Å². The molecule has 0 aliphatic heterocycles. The second-order valence-electron chi connectivity index (χ2n) is 1.30. The molecule has 1 N–H and O–H groups in total. The lowest BCUT2D eigenvalue weighted by molar-refractivity contribution is 0.103. The predicted molar refractivity (Wildman–Crippen MR) is 29.6 cm³/mol. The Morgan fingerprint density at radius 2 is 2.29 bits per heavy atom. The first-order valence-corrected chi connectivity index (χ1v) is 2.41. The Morgan fingerprint density at radius 3 is 2.43 bits per heavy atom. The van der Waals surface area contributed by atoms with E-state index in [1.165, 1.54) is 0 Å². The van der Waals surface area contributed by atoms with Crippen molar-refractivity contribution in [3.05, 3.63) is 6.61 Å². The average Bonchev–Trinajstić information content (AvgIpc) is 1.68. The summed E-state index contributed by atoms with van der Waals surface area (Å²) in [6.07, 6.45) is 0.144. The van der Waals surface area contributed by atoms with E-state index < -0.39 is 0 Å². The summed E-state index contributed by atoms with van der Waals surface area (Å²) >= 11 is 0. The van der Waals surface area contributed by atoms with E-state index in [-0.39, 0.29) is 6.23 Å². The maximum absolute atomic E-state index is 4.95. The van der Waals surface area contributed by atoms with Crippen molar-refractivity contribution in [3.63, 3.8) is 0 Å². The van der Waals surface area contributed by atoms with Gasteiger partial charge in [0.15, 0.2) is 0 Å². The van der Waals surface area contributed by atoms with Gasteiger partial charge in [-0.2, -0.15) is 0 Å². The molecule has 0 rings (SSSR count). The smallest absolute Gasteiger partial charge is 0.105 e. The number of ether oxygens (including phenoxy) is 1. The minimum Gasteiger partial charge on any atom is -0.358 e. The molecule has 0 spiro atoms. The van der Waals surface area contributed by atoms with E-state index in [1.807, 2.05) is 20.9 Å². The number of rotatable bonds is 3. The third-order valence-electron chi connectivity index (χ3n) is 0.747. The zero-order chi connectivity index (χ0) is 5.70. The summed E-state index contributed by atoms with van der Waals surface area (Å²) in [6.45, 7) is 5.47. The monoisotopic (exact) mass is 102 g/mol. The second kappa shape index (κ2) is 4.09. The molecule has 0 aliphatic carbocycles. The van der Waals surface area contributed by atoms with Crippen molar-refractivity contribution in [3.8, 4) is 0 Å². The van der Waals surface area contributed by atoms with Crippen molar-refractivity contribution in [1.82, 2.24) is 5.32 Å². The second-order valence-corrected chi connectivity index (χ2v) is 1.30. The van der Waals surface area contributed by atoms with Gasteiger partial charge in [0.2, 0.25) is 0 Å². The van der Waals surface area contributed by atoms with Crippen molar-refractivity contribution in [2.24, 2.45) is 0 Å². The highest BCUT2D eigenvalue weighted by molar-refractivity contribution is 4.42. The van der Waals surface area contributed by atoms with E-state index in [9.17, 15) is 0 Å². The van der Waals surface area contributed by atoms with Crippen LogP contribution in [0.3, 0.4) is 0 Å². The van der Waals surface area contributed by atoms with Gasteiger partial charge in [0.1, 0.15) is 6.23 Å². The van der Waals surface area contributed by atoms with Gasteiger partial charge in [0, 0.05) is 0 Å². The molecular formula is C5H12NO. The molecule has 0 saturated heterocycles. The predicted octanol–water partition coefficient (Wildman–Crippen LogP) is 0.750. The van der Waals surface area contributed by atoms with Crippen LogP contribution < -0.4 is 5.32 Å². The van der Waals surface area contributed by atoms with Crippen LogP contribution in [0.25, 0.3) is 0 Å². The highest BCUT2D eigenvalue weighted by atomic mass is 16.5. The van der Waals surface area contributed by atoms with Gasteiger partial charge in [-0.25, -0.2) is 0 Å². The molecule has 0 fully saturated rings. The molecule has 0 aromatic carbocycles. The molecule has 43 valence electrons. The summed E-state index contributed by atoms with van der Waals surface area (Å²) in [4.78, 5) is 0. The fourth-order valence-electron chi connectivity index (χ4n) is 0.272. The lowest BCUT2D eigenvalue weighted by atomic mass is 10.6. The summed E-state index contributed by atoms with van der Waals surface area (Å²) < 4.78 is 4.95. The van der Waals surface area contributed by atoms with Crippen molar-refractivity contribution >= 4 is 0 Å². The molecule has 0 aliphatic rings. The summed E-state index contributed by atoms with van der Waals surface area (Å²) in [5.41, 5.74) is 0. The van der Waals surface area contributed by atoms with E-state index in [2.05, 4.69) is 5.32 Å². The summed E-state index contributed by atoms with van der Waals surface area (Å²) in [5.74, 6) is 0. The highest BCUT2D eigenvalue weighted by Gasteiger charge is 1.90. The molecule has 7 heavy (non-hydrogen) atoms. The van der Waals surface area contributed by atoms with E-state index in [0.29, 0.717) is 0 Å². The lowest BCUT2D eigenvalue weighted by Crippen LogP contribution is -2.22. The summed E-state index contributed by atoms with van der Waals surface area (Å²) in [5, 5.41) is 2.91. The quantitative estimate of drug-likeness (QED) is 0.531. The average molecular weight is 102 g/mol. The van der Waals surface area contributed by atoms with Crippen LogP contribution in [-0.4, -0.2) is 13.3 Å². The molecule has 0 amide bonds. The number of nitrogens with one attached hydrogen (secondary N) is 1. The fourth-order valence-corrected chi connectivity index (χ4v) is 0.272. The van der Waals surface area contributed by atoms with E-state index in [4.69, 9.17) is 4.74 Å². The Morgan fingerprint density at radius 1 is 1.71 bits per heavy atom. The van der Waals surface area contributed by atoms with Crippen LogP contribution in [0.1, 0.15) is 13.8 Å². The first-order chi connectivity index (χ1) is 3.31. The van der Waals surface area contributed by atoms with Crippen LogP contribution in [0, 0.1) is 6.61 Å². The third-order valence-corrected chi connectivity index (χ3v) is 0.747. The van der Waals surface area contributed by atoms with Crippen LogP contribution in [0.2, 0.25) is 0 Å². The van der Waals surface area contributed by atoms with Gasteiger partial charge in [-0.1, -0.05) is 0 Å². The maximum atomic E-state index is 4.95. The Labute approximate surface area is 44.9 Å². The molecule has 1 atom stereocenters. The first kappa shape index (κ1) is 6.92.